The summed E-state index contributed by atoms with van der Waals surface area (Å²) in [5.41, 5.74) is -0.241. The first-order valence-electron chi connectivity index (χ1n) is 5.84. The van der Waals surface area contributed by atoms with E-state index < -0.39 is 22.8 Å². The highest BCUT2D eigenvalue weighted by Crippen LogP contribution is 2.22. The predicted molar refractivity (Wildman–Crippen MR) is 71.9 cm³/mol. The number of carbonyl (C=O) groups excluding carboxylic acids is 1. The summed E-state index contributed by atoms with van der Waals surface area (Å²) in [6.45, 7) is 1.79. The van der Waals surface area contributed by atoms with Crippen molar-refractivity contribution in [2.45, 2.75) is 25.8 Å². The van der Waals surface area contributed by atoms with E-state index in [1.54, 1.807) is 6.92 Å². The number of aliphatic carboxylic acids is 1. The summed E-state index contributed by atoms with van der Waals surface area (Å²) in [4.78, 5) is 32.8. The van der Waals surface area contributed by atoms with Gasteiger partial charge in [-0.2, -0.15) is 0 Å². The van der Waals surface area contributed by atoms with Gasteiger partial charge in [0.15, 0.2) is 0 Å². The summed E-state index contributed by atoms with van der Waals surface area (Å²) < 4.78 is 0. The Morgan fingerprint density at radius 3 is 2.60 bits per heavy atom. The van der Waals surface area contributed by atoms with E-state index in [1.165, 1.54) is 6.07 Å². The van der Waals surface area contributed by atoms with Crippen LogP contribution in [-0.2, 0) is 4.79 Å². The van der Waals surface area contributed by atoms with Crippen LogP contribution in [0.2, 0.25) is 5.02 Å². The van der Waals surface area contributed by atoms with Crippen molar-refractivity contribution in [2.24, 2.45) is 0 Å². The van der Waals surface area contributed by atoms with Crippen LogP contribution in [0, 0.1) is 10.1 Å². The van der Waals surface area contributed by atoms with Crippen molar-refractivity contribution >= 4 is 29.2 Å². The fourth-order valence-electron chi connectivity index (χ4n) is 1.58. The maximum atomic E-state index is 11.9. The molecule has 1 amide bonds. The molecule has 0 aliphatic rings. The Hall–Kier alpha value is -2.15. The van der Waals surface area contributed by atoms with E-state index in [0.29, 0.717) is 6.42 Å². The lowest BCUT2D eigenvalue weighted by molar-refractivity contribution is -0.384. The number of nitro benzene ring substituents is 1. The molecule has 0 unspecified atom stereocenters. The summed E-state index contributed by atoms with van der Waals surface area (Å²) in [5, 5.41) is 21.7. The molecule has 0 heterocycles. The van der Waals surface area contributed by atoms with Gasteiger partial charge < -0.3 is 10.4 Å². The lowest BCUT2D eigenvalue weighted by atomic mass is 10.1. The van der Waals surface area contributed by atoms with Crippen LogP contribution in [0.15, 0.2) is 18.2 Å². The van der Waals surface area contributed by atoms with Crippen molar-refractivity contribution in [1.82, 2.24) is 5.32 Å². The van der Waals surface area contributed by atoms with Crippen molar-refractivity contribution in [3.8, 4) is 0 Å². The molecule has 1 aromatic carbocycles. The average molecular weight is 301 g/mol. The van der Waals surface area contributed by atoms with Crippen LogP contribution < -0.4 is 5.32 Å². The molecule has 108 valence electrons. The van der Waals surface area contributed by atoms with Gasteiger partial charge in [0.25, 0.3) is 11.6 Å². The average Bonchev–Trinajstić information content (AvgIpc) is 2.37. The topological polar surface area (TPSA) is 110 Å². The van der Waals surface area contributed by atoms with E-state index in [-0.39, 0.29) is 22.7 Å². The molecule has 0 radical (unpaired) electrons. The molecule has 0 spiro atoms. The Labute approximate surface area is 119 Å². The van der Waals surface area contributed by atoms with Crippen LogP contribution in [-0.4, -0.2) is 27.9 Å². The van der Waals surface area contributed by atoms with E-state index >= 15 is 0 Å². The number of rotatable bonds is 6. The molecule has 2 N–H and O–H groups in total. The summed E-state index contributed by atoms with van der Waals surface area (Å²) in [5.74, 6) is -1.82. The molecule has 0 bridgehead atoms. The SMILES string of the molecule is CCC[C@@H](NC(=O)c1ccc([N+](=O)[O-])cc1Cl)C(=O)O. The van der Waals surface area contributed by atoms with Gasteiger partial charge in [0.05, 0.1) is 15.5 Å². The van der Waals surface area contributed by atoms with Crippen LogP contribution in [0.5, 0.6) is 0 Å². The molecular weight excluding hydrogens is 288 g/mol. The summed E-state index contributed by atoms with van der Waals surface area (Å²) in [6.07, 6.45) is 0.872. The number of non-ortho nitro benzene ring substituents is 1. The van der Waals surface area contributed by atoms with Gasteiger partial charge in [0, 0.05) is 12.1 Å². The minimum absolute atomic E-state index is 0.000352. The molecule has 0 aliphatic heterocycles. The number of carbonyl (C=O) groups is 2. The highest BCUT2D eigenvalue weighted by atomic mass is 35.5. The van der Waals surface area contributed by atoms with Crippen molar-refractivity contribution in [2.75, 3.05) is 0 Å². The first kappa shape index (κ1) is 15.9. The standard InChI is InChI=1S/C12H13ClN2O5/c1-2-3-10(12(17)18)14-11(16)8-5-4-7(15(19)20)6-9(8)13/h4-6,10H,2-3H2,1H3,(H,14,16)(H,17,18)/t10-/m1/s1. The van der Waals surface area contributed by atoms with Gasteiger partial charge in [0.1, 0.15) is 6.04 Å². The van der Waals surface area contributed by atoms with Crippen LogP contribution >= 0.6 is 11.6 Å². The third kappa shape index (κ3) is 3.92. The van der Waals surface area contributed by atoms with Gasteiger partial charge in [-0.1, -0.05) is 24.9 Å². The molecular formula is C12H13ClN2O5. The molecule has 0 saturated carbocycles. The van der Waals surface area contributed by atoms with E-state index in [2.05, 4.69) is 5.32 Å². The Bertz CT molecular complexity index is 547. The molecule has 20 heavy (non-hydrogen) atoms. The molecule has 0 fully saturated rings. The number of carboxylic acid groups (broad SMARTS) is 1. The van der Waals surface area contributed by atoms with Gasteiger partial charge in [-0.15, -0.1) is 0 Å². The molecule has 0 aromatic heterocycles. The second-order valence-corrected chi connectivity index (χ2v) is 4.48. The normalized spacial score (nSPS) is 11.7. The van der Waals surface area contributed by atoms with E-state index in [4.69, 9.17) is 16.7 Å². The fourth-order valence-corrected chi connectivity index (χ4v) is 1.84. The van der Waals surface area contributed by atoms with E-state index in [1.807, 2.05) is 0 Å². The number of nitrogens with zero attached hydrogens (tertiary/aromatic N) is 1. The molecule has 0 saturated heterocycles. The van der Waals surface area contributed by atoms with Crippen molar-refractivity contribution < 1.29 is 19.6 Å². The van der Waals surface area contributed by atoms with Gasteiger partial charge in [-0.25, -0.2) is 4.79 Å². The van der Waals surface area contributed by atoms with Crippen molar-refractivity contribution in [1.29, 1.82) is 0 Å². The van der Waals surface area contributed by atoms with Crippen LogP contribution in [0.4, 0.5) is 5.69 Å². The third-order valence-corrected chi connectivity index (χ3v) is 2.90. The first-order valence-corrected chi connectivity index (χ1v) is 6.22. The highest BCUT2D eigenvalue weighted by Gasteiger charge is 2.21. The zero-order chi connectivity index (χ0) is 15.3. The Morgan fingerprint density at radius 2 is 2.15 bits per heavy atom. The van der Waals surface area contributed by atoms with Gasteiger partial charge in [-0.05, 0) is 12.5 Å². The number of amides is 1. The molecule has 0 aliphatic carbocycles. The maximum Gasteiger partial charge on any atom is 0.326 e. The number of benzene rings is 1. The fraction of sp³-hybridized carbons (Fsp3) is 0.333. The minimum Gasteiger partial charge on any atom is -0.480 e. The number of hydrogen-bond acceptors (Lipinski definition) is 4. The van der Waals surface area contributed by atoms with Crippen molar-refractivity contribution in [3.63, 3.8) is 0 Å². The zero-order valence-electron chi connectivity index (χ0n) is 10.6. The van der Waals surface area contributed by atoms with E-state index in [9.17, 15) is 19.7 Å². The molecule has 8 heteroatoms. The smallest absolute Gasteiger partial charge is 0.326 e. The van der Waals surface area contributed by atoms with Gasteiger partial charge in [0.2, 0.25) is 0 Å². The van der Waals surface area contributed by atoms with Crippen LogP contribution in [0.25, 0.3) is 0 Å². The maximum absolute atomic E-state index is 11.9. The van der Waals surface area contributed by atoms with Crippen LogP contribution in [0.1, 0.15) is 30.1 Å². The zero-order valence-corrected chi connectivity index (χ0v) is 11.4. The first-order chi connectivity index (χ1) is 9.36. The number of hydrogen-bond donors (Lipinski definition) is 2. The van der Waals surface area contributed by atoms with Crippen molar-refractivity contribution in [3.05, 3.63) is 38.9 Å². The molecule has 1 atom stereocenters. The Balaban J connectivity index is 2.92. The van der Waals surface area contributed by atoms with Gasteiger partial charge >= 0.3 is 5.97 Å². The summed E-state index contributed by atoms with van der Waals surface area (Å²) in [7, 11) is 0. The lowest BCUT2D eigenvalue weighted by Crippen LogP contribution is -2.40. The van der Waals surface area contributed by atoms with Gasteiger partial charge in [-0.3, -0.25) is 14.9 Å². The second-order valence-electron chi connectivity index (χ2n) is 4.07. The lowest BCUT2D eigenvalue weighted by Gasteiger charge is -2.14. The van der Waals surface area contributed by atoms with Crippen LogP contribution in [0.3, 0.4) is 0 Å². The summed E-state index contributed by atoms with van der Waals surface area (Å²) in [6, 6.07) is 2.36. The number of nitrogens with one attached hydrogen (secondary N) is 1. The third-order valence-electron chi connectivity index (χ3n) is 2.59. The Morgan fingerprint density at radius 1 is 1.50 bits per heavy atom. The minimum atomic E-state index is -1.14. The number of carboxylic acids is 1. The largest absolute Gasteiger partial charge is 0.480 e. The second kappa shape index (κ2) is 6.85. The quantitative estimate of drug-likeness (QED) is 0.618. The molecule has 7 nitrogen and oxygen atoms in total. The summed E-state index contributed by atoms with van der Waals surface area (Å²) >= 11 is 5.80. The monoisotopic (exact) mass is 300 g/mol. The number of halogens is 1. The highest BCUT2D eigenvalue weighted by molar-refractivity contribution is 6.34. The number of nitro groups is 1. The molecule has 1 rings (SSSR count). The van der Waals surface area contributed by atoms with E-state index in [0.717, 1.165) is 12.1 Å². The predicted octanol–water partition coefficient (Wildman–Crippen LogP) is 2.23. The Kier molecular flexibility index (Phi) is 5.45. The molecule has 1 aromatic rings.